The average molecular weight is 185 g/mol. The predicted molar refractivity (Wildman–Crippen MR) is 43.4 cm³/mol. The number of hydrogen-bond acceptors (Lipinski definition) is 1. The van der Waals surface area contributed by atoms with Crippen LogP contribution in [0.15, 0.2) is 40.1 Å². The summed E-state index contributed by atoms with van der Waals surface area (Å²) >= 11 is 0. The van der Waals surface area contributed by atoms with Crippen LogP contribution in [0, 0.1) is 0 Å². The summed E-state index contributed by atoms with van der Waals surface area (Å²) in [5, 5.41) is 0. The Bertz CT molecular complexity index is 356. The maximum Gasteiger partial charge on any atom is 0.418 e. The summed E-state index contributed by atoms with van der Waals surface area (Å²) in [5.74, 6) is 0. The van der Waals surface area contributed by atoms with Crippen molar-refractivity contribution in [2.45, 2.75) is 12.6 Å². The molecule has 0 aromatic rings. The molecule has 0 N–H and O–H groups in total. The van der Waals surface area contributed by atoms with Crippen LogP contribution >= 0.6 is 0 Å². The molecule has 0 aromatic heterocycles. The van der Waals surface area contributed by atoms with Crippen molar-refractivity contribution < 1.29 is 13.2 Å². The first-order valence-corrected chi connectivity index (χ1v) is 3.80. The van der Waals surface area contributed by atoms with Crippen molar-refractivity contribution >= 4 is 6.21 Å². The Balaban J connectivity index is 2.52. The van der Waals surface area contributed by atoms with Gasteiger partial charge in [0, 0.05) is 6.21 Å². The van der Waals surface area contributed by atoms with Crippen molar-refractivity contribution in [3.05, 3.63) is 35.1 Å². The lowest BCUT2D eigenvalue weighted by Gasteiger charge is -2.15. The van der Waals surface area contributed by atoms with Crippen molar-refractivity contribution in [2.75, 3.05) is 0 Å². The quantitative estimate of drug-likeness (QED) is 0.550. The largest absolute Gasteiger partial charge is 0.418 e. The molecular weight excluding hydrogens is 179 g/mol. The third kappa shape index (κ3) is 1.32. The summed E-state index contributed by atoms with van der Waals surface area (Å²) in [6, 6.07) is 0. The lowest BCUT2D eigenvalue weighted by Crippen LogP contribution is -2.14. The van der Waals surface area contributed by atoms with Crippen LogP contribution in [-0.2, 0) is 0 Å². The maximum absolute atomic E-state index is 12.4. The Kier molecular flexibility index (Phi) is 1.65. The number of fused-ring (bicyclic) bond motifs is 1. The summed E-state index contributed by atoms with van der Waals surface area (Å²) < 4.78 is 37.1. The van der Waals surface area contributed by atoms with Crippen molar-refractivity contribution in [3.8, 4) is 0 Å². The Hall–Kier alpha value is -1.32. The molecule has 1 aliphatic heterocycles. The van der Waals surface area contributed by atoms with Crippen molar-refractivity contribution in [3.63, 3.8) is 0 Å². The minimum Gasteiger partial charge on any atom is -0.256 e. The lowest BCUT2D eigenvalue weighted by molar-refractivity contribution is -0.0890. The molecule has 2 aliphatic rings. The number of alkyl halides is 3. The molecule has 2 rings (SSSR count). The van der Waals surface area contributed by atoms with Gasteiger partial charge in [0.1, 0.15) is 0 Å². The van der Waals surface area contributed by atoms with Crippen molar-refractivity contribution in [2.24, 2.45) is 4.99 Å². The molecule has 0 saturated heterocycles. The molecule has 0 atom stereocenters. The zero-order chi connectivity index (χ0) is 9.47. The molecule has 0 fully saturated rings. The van der Waals surface area contributed by atoms with E-state index in [9.17, 15) is 13.2 Å². The van der Waals surface area contributed by atoms with Crippen LogP contribution in [0.25, 0.3) is 0 Å². The highest BCUT2D eigenvalue weighted by atomic mass is 19.4. The molecular formula is C9H6F3N. The second-order valence-electron chi connectivity index (χ2n) is 2.84. The van der Waals surface area contributed by atoms with E-state index >= 15 is 0 Å². The van der Waals surface area contributed by atoms with E-state index in [-0.39, 0.29) is 5.70 Å². The first kappa shape index (κ1) is 8.29. The first-order valence-electron chi connectivity index (χ1n) is 3.80. The Labute approximate surface area is 73.0 Å². The van der Waals surface area contributed by atoms with Gasteiger partial charge in [-0.1, -0.05) is 12.2 Å². The molecule has 1 aliphatic carbocycles. The topological polar surface area (TPSA) is 12.4 Å². The van der Waals surface area contributed by atoms with E-state index in [0.29, 0.717) is 12.0 Å². The Morgan fingerprint density at radius 2 is 2.08 bits per heavy atom. The highest BCUT2D eigenvalue weighted by Gasteiger charge is 2.37. The van der Waals surface area contributed by atoms with Crippen LogP contribution in [-0.4, -0.2) is 12.4 Å². The van der Waals surface area contributed by atoms with Gasteiger partial charge in [0.15, 0.2) is 0 Å². The van der Waals surface area contributed by atoms with Gasteiger partial charge in [0.05, 0.1) is 11.3 Å². The van der Waals surface area contributed by atoms with Gasteiger partial charge in [-0.25, -0.2) is 0 Å². The molecule has 13 heavy (non-hydrogen) atoms. The molecule has 68 valence electrons. The maximum atomic E-state index is 12.4. The molecule has 1 nitrogen and oxygen atoms in total. The van der Waals surface area contributed by atoms with Gasteiger partial charge in [-0.3, -0.25) is 4.99 Å². The van der Waals surface area contributed by atoms with E-state index in [1.54, 1.807) is 6.08 Å². The van der Waals surface area contributed by atoms with E-state index in [2.05, 4.69) is 4.99 Å². The number of rotatable bonds is 0. The molecule has 1 heterocycles. The van der Waals surface area contributed by atoms with Crippen LogP contribution in [0.4, 0.5) is 13.2 Å². The fraction of sp³-hybridized carbons (Fsp3) is 0.222. The summed E-state index contributed by atoms with van der Waals surface area (Å²) in [7, 11) is 0. The van der Waals surface area contributed by atoms with Gasteiger partial charge in [0.2, 0.25) is 0 Å². The predicted octanol–water partition coefficient (Wildman–Crippen LogP) is 2.77. The Morgan fingerprint density at radius 1 is 1.31 bits per heavy atom. The monoisotopic (exact) mass is 185 g/mol. The Morgan fingerprint density at radius 3 is 2.77 bits per heavy atom. The highest BCUT2D eigenvalue weighted by Crippen LogP contribution is 2.37. The van der Waals surface area contributed by atoms with Gasteiger partial charge < -0.3 is 0 Å². The molecule has 0 aromatic carbocycles. The van der Waals surface area contributed by atoms with Crippen LogP contribution in [0.2, 0.25) is 0 Å². The fourth-order valence-corrected chi connectivity index (χ4v) is 1.38. The number of aliphatic imine (C=N–C) groups is 1. The third-order valence-corrected chi connectivity index (χ3v) is 1.97. The number of nitrogens with zero attached hydrogens (tertiary/aromatic N) is 1. The van der Waals surface area contributed by atoms with Crippen LogP contribution in [0.5, 0.6) is 0 Å². The molecule has 0 spiro atoms. The molecule has 4 heteroatoms. The molecule has 0 bridgehead atoms. The zero-order valence-corrected chi connectivity index (χ0v) is 6.60. The van der Waals surface area contributed by atoms with Crippen LogP contribution in [0.3, 0.4) is 0 Å². The van der Waals surface area contributed by atoms with E-state index in [1.807, 2.05) is 0 Å². The van der Waals surface area contributed by atoms with Crippen molar-refractivity contribution in [1.82, 2.24) is 0 Å². The zero-order valence-electron chi connectivity index (χ0n) is 6.60. The third-order valence-electron chi connectivity index (χ3n) is 1.97. The lowest BCUT2D eigenvalue weighted by atomic mass is 9.99. The molecule has 0 radical (unpaired) electrons. The van der Waals surface area contributed by atoms with Gasteiger partial charge >= 0.3 is 6.18 Å². The number of allylic oxidation sites excluding steroid dienone is 5. The summed E-state index contributed by atoms with van der Waals surface area (Å²) in [4.78, 5) is 3.70. The number of hydrogen-bond donors (Lipinski definition) is 0. The minimum atomic E-state index is -4.30. The number of halogens is 3. The van der Waals surface area contributed by atoms with Crippen molar-refractivity contribution in [1.29, 1.82) is 0 Å². The van der Waals surface area contributed by atoms with Gasteiger partial charge in [-0.05, 0) is 18.1 Å². The van der Waals surface area contributed by atoms with E-state index in [4.69, 9.17) is 0 Å². The summed E-state index contributed by atoms with van der Waals surface area (Å²) in [6.07, 6.45) is 1.86. The average Bonchev–Trinajstić information content (AvgIpc) is 2.48. The normalized spacial score (nSPS) is 20.7. The second-order valence-corrected chi connectivity index (χ2v) is 2.84. The smallest absolute Gasteiger partial charge is 0.256 e. The molecule has 0 saturated carbocycles. The first-order chi connectivity index (χ1) is 6.09. The van der Waals surface area contributed by atoms with Crippen LogP contribution in [0.1, 0.15) is 6.42 Å². The molecule has 0 unspecified atom stereocenters. The molecule has 0 amide bonds. The standard InChI is InChI=1S/C9H6F3N/c10-9(11,12)7-3-1-2-6-4-5-13-8(6)7/h1,3-5H,2H2. The van der Waals surface area contributed by atoms with Gasteiger partial charge in [-0.15, -0.1) is 0 Å². The van der Waals surface area contributed by atoms with Gasteiger partial charge in [-0.2, -0.15) is 13.2 Å². The van der Waals surface area contributed by atoms with E-state index in [1.165, 1.54) is 12.3 Å². The fourth-order valence-electron chi connectivity index (χ4n) is 1.38. The van der Waals surface area contributed by atoms with Gasteiger partial charge in [0.25, 0.3) is 0 Å². The SMILES string of the molecule is FC(F)(F)C1=C2N=CC=C2CC=C1. The highest BCUT2D eigenvalue weighted by molar-refractivity contribution is 5.81. The van der Waals surface area contributed by atoms with E-state index in [0.717, 1.165) is 6.08 Å². The summed E-state index contributed by atoms with van der Waals surface area (Å²) in [5.41, 5.74) is 0.0866. The second kappa shape index (κ2) is 2.58. The van der Waals surface area contributed by atoms with Crippen LogP contribution < -0.4 is 0 Å². The van der Waals surface area contributed by atoms with E-state index < -0.39 is 11.7 Å². The minimum absolute atomic E-state index is 0.0787. The summed E-state index contributed by atoms with van der Waals surface area (Å²) in [6.45, 7) is 0.